The fourth-order valence-corrected chi connectivity index (χ4v) is 3.53. The van der Waals surface area contributed by atoms with Gasteiger partial charge >= 0.3 is 0 Å². The van der Waals surface area contributed by atoms with Gasteiger partial charge in [0.2, 0.25) is 10.9 Å². The number of anilines is 1. The van der Waals surface area contributed by atoms with E-state index in [1.807, 2.05) is 36.1 Å². The summed E-state index contributed by atoms with van der Waals surface area (Å²) in [6.07, 6.45) is 4.48. The zero-order valence-corrected chi connectivity index (χ0v) is 16.3. The lowest BCUT2D eigenvalue weighted by atomic mass is 10.2. The third kappa shape index (κ3) is 5.83. The molecule has 0 aliphatic carbocycles. The van der Waals surface area contributed by atoms with E-state index in [2.05, 4.69) is 15.5 Å². The predicted octanol–water partition coefficient (Wildman–Crippen LogP) is 3.02. The van der Waals surface area contributed by atoms with Crippen LogP contribution in [0, 0.1) is 6.92 Å². The molecule has 2 aromatic rings. The van der Waals surface area contributed by atoms with Gasteiger partial charge in [-0.05, 0) is 31.9 Å². The lowest BCUT2D eigenvalue weighted by molar-refractivity contribution is -0.136. The monoisotopic (exact) mass is 388 g/mol. The molecular weight excluding hydrogens is 364 g/mol. The molecule has 0 unspecified atom stereocenters. The summed E-state index contributed by atoms with van der Waals surface area (Å²) in [6, 6.07) is 7.53. The van der Waals surface area contributed by atoms with Crippen LogP contribution in [0.25, 0.3) is 0 Å². The number of hydrogen-bond donors (Lipinski definition) is 1. The highest BCUT2D eigenvalue weighted by Gasteiger charge is 2.17. The van der Waals surface area contributed by atoms with Gasteiger partial charge in [0.25, 0.3) is 5.91 Å². The zero-order valence-electron chi connectivity index (χ0n) is 15.4. The minimum absolute atomic E-state index is 0.0127. The Bertz CT molecular complexity index is 768. The molecule has 8 heteroatoms. The third-order valence-electron chi connectivity index (χ3n) is 4.38. The summed E-state index contributed by atoms with van der Waals surface area (Å²) in [5, 5.41) is 11.5. The number of hydrogen-bond acceptors (Lipinski definition) is 6. The maximum Gasteiger partial charge on any atom is 0.286 e. The fourth-order valence-electron chi connectivity index (χ4n) is 2.86. The number of ether oxygens (including phenoxy) is 1. The molecule has 1 N–H and O–H groups in total. The molecule has 1 aliphatic rings. The largest absolute Gasteiger partial charge is 0.364 e. The van der Waals surface area contributed by atoms with Crippen molar-refractivity contribution in [2.45, 2.75) is 39.2 Å². The van der Waals surface area contributed by atoms with Gasteiger partial charge < -0.3 is 15.0 Å². The van der Waals surface area contributed by atoms with Crippen molar-refractivity contribution in [1.29, 1.82) is 0 Å². The molecule has 144 valence electrons. The van der Waals surface area contributed by atoms with Crippen LogP contribution in [0.2, 0.25) is 0 Å². The second-order valence-electron chi connectivity index (χ2n) is 6.61. The molecule has 2 heterocycles. The number of benzene rings is 1. The Morgan fingerprint density at radius 2 is 1.81 bits per heavy atom. The quantitative estimate of drug-likeness (QED) is 0.822. The first-order chi connectivity index (χ1) is 13.1. The average Bonchev–Trinajstić information content (AvgIpc) is 2.97. The molecule has 0 radical (unpaired) electrons. The number of carbonyl (C=O) groups excluding carboxylic acids is 2. The van der Waals surface area contributed by atoms with Crippen molar-refractivity contribution in [2.75, 3.05) is 25.0 Å². The molecule has 2 amide bonds. The first-order valence-electron chi connectivity index (χ1n) is 9.18. The molecule has 0 bridgehead atoms. The molecule has 27 heavy (non-hydrogen) atoms. The number of aryl methyl sites for hydroxylation is 1. The topological polar surface area (TPSA) is 84.4 Å². The van der Waals surface area contributed by atoms with Crippen LogP contribution in [0.15, 0.2) is 24.3 Å². The maximum atomic E-state index is 12.2. The van der Waals surface area contributed by atoms with Crippen molar-refractivity contribution in [3.8, 4) is 0 Å². The summed E-state index contributed by atoms with van der Waals surface area (Å²) < 4.78 is 5.49. The molecule has 0 saturated carbocycles. The lowest BCUT2D eigenvalue weighted by Crippen LogP contribution is -2.34. The molecule has 1 fully saturated rings. The van der Waals surface area contributed by atoms with E-state index < -0.39 is 0 Å². The number of carbonyl (C=O) groups is 2. The van der Waals surface area contributed by atoms with Crippen molar-refractivity contribution in [2.24, 2.45) is 0 Å². The van der Waals surface area contributed by atoms with Crippen molar-refractivity contribution in [3.05, 3.63) is 39.8 Å². The van der Waals surface area contributed by atoms with E-state index in [0.29, 0.717) is 10.7 Å². The Hall–Kier alpha value is -2.32. The van der Waals surface area contributed by atoms with Gasteiger partial charge in [0.15, 0.2) is 0 Å². The summed E-state index contributed by atoms with van der Waals surface area (Å²) >= 11 is 1.17. The Morgan fingerprint density at radius 3 is 2.52 bits per heavy atom. The summed E-state index contributed by atoms with van der Waals surface area (Å²) in [5.41, 5.74) is 1.83. The summed E-state index contributed by atoms with van der Waals surface area (Å²) in [5.74, 6) is -0.290. The second kappa shape index (κ2) is 9.57. The minimum Gasteiger partial charge on any atom is -0.364 e. The molecule has 1 aromatic carbocycles. The highest BCUT2D eigenvalue weighted by atomic mass is 32.1. The summed E-state index contributed by atoms with van der Waals surface area (Å²) in [4.78, 5) is 26.3. The number of amides is 2. The number of nitrogens with zero attached hydrogens (tertiary/aromatic N) is 3. The SMILES string of the molecule is Cc1ccc(NC(=O)c2nnc(COCC(=O)N3CCCCCC3)s2)cc1. The molecular formula is C19H24N4O3S. The Morgan fingerprint density at radius 1 is 1.11 bits per heavy atom. The van der Waals surface area contributed by atoms with Crippen LogP contribution in [0.4, 0.5) is 5.69 Å². The highest BCUT2D eigenvalue weighted by molar-refractivity contribution is 7.13. The standard InChI is InChI=1S/C19H24N4O3S/c1-14-6-8-15(9-7-14)20-18(25)19-22-21-16(27-19)12-26-13-17(24)23-10-4-2-3-5-11-23/h6-9H,2-5,10-13H2,1H3,(H,20,25). The molecule has 1 aromatic heterocycles. The first-order valence-corrected chi connectivity index (χ1v) is 9.99. The summed E-state index contributed by atoms with van der Waals surface area (Å²) in [7, 11) is 0. The number of rotatable bonds is 6. The van der Waals surface area contributed by atoms with Gasteiger partial charge in [-0.2, -0.15) is 0 Å². The van der Waals surface area contributed by atoms with Gasteiger partial charge in [0.1, 0.15) is 18.2 Å². The Kier molecular flexibility index (Phi) is 6.89. The van der Waals surface area contributed by atoms with Crippen LogP contribution in [-0.4, -0.2) is 46.6 Å². The highest BCUT2D eigenvalue weighted by Crippen LogP contribution is 2.15. The normalized spacial score (nSPS) is 14.6. The number of aromatic nitrogens is 2. The van der Waals surface area contributed by atoms with E-state index in [1.165, 1.54) is 24.2 Å². The fraction of sp³-hybridized carbons (Fsp3) is 0.474. The van der Waals surface area contributed by atoms with Crippen molar-refractivity contribution in [3.63, 3.8) is 0 Å². The van der Waals surface area contributed by atoms with Gasteiger partial charge in [-0.15, -0.1) is 10.2 Å². The number of likely N-dealkylation sites (tertiary alicyclic amines) is 1. The maximum absolute atomic E-state index is 12.2. The van der Waals surface area contributed by atoms with Gasteiger partial charge in [-0.25, -0.2) is 0 Å². The van der Waals surface area contributed by atoms with E-state index in [4.69, 9.17) is 4.74 Å². The van der Waals surface area contributed by atoms with Crippen LogP contribution in [-0.2, 0) is 16.1 Å². The van der Waals surface area contributed by atoms with Crippen molar-refractivity contribution < 1.29 is 14.3 Å². The smallest absolute Gasteiger partial charge is 0.286 e. The van der Waals surface area contributed by atoms with Crippen molar-refractivity contribution in [1.82, 2.24) is 15.1 Å². The first kappa shape index (κ1) is 19.4. The van der Waals surface area contributed by atoms with Gasteiger partial charge in [-0.3, -0.25) is 9.59 Å². The Labute approximate surface area is 162 Å². The van der Waals surface area contributed by atoms with Crippen LogP contribution in [0.3, 0.4) is 0 Å². The van der Waals surface area contributed by atoms with Gasteiger partial charge in [0, 0.05) is 18.8 Å². The molecule has 3 rings (SSSR count). The van der Waals surface area contributed by atoms with E-state index in [0.717, 1.165) is 31.5 Å². The molecule has 7 nitrogen and oxygen atoms in total. The Balaban J connectivity index is 1.45. The van der Waals surface area contributed by atoms with Gasteiger partial charge in [0.05, 0.1) is 0 Å². The van der Waals surface area contributed by atoms with Gasteiger partial charge in [-0.1, -0.05) is 41.9 Å². The average molecular weight is 388 g/mol. The van der Waals surface area contributed by atoms with Crippen molar-refractivity contribution >= 4 is 28.8 Å². The van der Waals surface area contributed by atoms with Crippen LogP contribution in [0.5, 0.6) is 0 Å². The van der Waals surface area contributed by atoms with E-state index in [9.17, 15) is 9.59 Å². The predicted molar refractivity (Wildman–Crippen MR) is 104 cm³/mol. The number of nitrogens with one attached hydrogen (secondary N) is 1. The van der Waals surface area contributed by atoms with E-state index in [-0.39, 0.29) is 30.0 Å². The van der Waals surface area contributed by atoms with E-state index >= 15 is 0 Å². The molecule has 1 saturated heterocycles. The zero-order chi connectivity index (χ0) is 19.1. The van der Waals surface area contributed by atoms with Crippen LogP contribution >= 0.6 is 11.3 Å². The molecule has 0 spiro atoms. The lowest BCUT2D eigenvalue weighted by Gasteiger charge is -2.19. The van der Waals surface area contributed by atoms with Crippen LogP contribution in [0.1, 0.15) is 46.1 Å². The third-order valence-corrected chi connectivity index (χ3v) is 5.28. The second-order valence-corrected chi connectivity index (χ2v) is 7.67. The molecule has 1 aliphatic heterocycles. The minimum atomic E-state index is -0.303. The molecule has 0 atom stereocenters. The van der Waals surface area contributed by atoms with E-state index in [1.54, 1.807) is 0 Å². The van der Waals surface area contributed by atoms with Crippen LogP contribution < -0.4 is 5.32 Å². The summed E-state index contributed by atoms with van der Waals surface area (Å²) in [6.45, 7) is 3.81.